The summed E-state index contributed by atoms with van der Waals surface area (Å²) in [6.07, 6.45) is 2.79. The number of nitrogens with zero attached hydrogens (tertiary/aromatic N) is 1. The Morgan fingerprint density at radius 2 is 2.10 bits per heavy atom. The largest absolute Gasteiger partial charge is 0.391 e. The van der Waals surface area contributed by atoms with Gasteiger partial charge in [0.2, 0.25) is 10.0 Å². The lowest BCUT2D eigenvalue weighted by Gasteiger charge is -2.31. The van der Waals surface area contributed by atoms with Gasteiger partial charge in [-0.3, -0.25) is 0 Å². The van der Waals surface area contributed by atoms with Gasteiger partial charge >= 0.3 is 0 Å². The molecule has 1 aromatic rings. The summed E-state index contributed by atoms with van der Waals surface area (Å²) in [5, 5.41) is 10.9. The number of rotatable bonds is 3. The van der Waals surface area contributed by atoms with Crippen LogP contribution in [0.4, 0.5) is 0 Å². The van der Waals surface area contributed by atoms with Gasteiger partial charge in [0.15, 0.2) is 0 Å². The molecule has 0 bridgehead atoms. The highest BCUT2D eigenvalue weighted by molar-refractivity contribution is 7.89. The Morgan fingerprint density at radius 3 is 2.60 bits per heavy atom. The Morgan fingerprint density at radius 1 is 1.40 bits per heavy atom. The maximum absolute atomic E-state index is 12.6. The first-order valence-electron chi connectivity index (χ1n) is 6.63. The van der Waals surface area contributed by atoms with E-state index in [0.29, 0.717) is 18.0 Å². The Bertz CT molecular complexity index is 609. The third kappa shape index (κ3) is 2.98. The summed E-state index contributed by atoms with van der Waals surface area (Å²) in [6, 6.07) is 1.58. The van der Waals surface area contributed by atoms with E-state index in [0.717, 1.165) is 6.42 Å². The van der Waals surface area contributed by atoms with Crippen LogP contribution in [0.2, 0.25) is 0 Å². The summed E-state index contributed by atoms with van der Waals surface area (Å²) in [7, 11) is -3.49. The molecule has 1 aromatic heterocycles. The standard InChI is InChI=1S/C14H21NO3S2/c1-14(2,3)11-4-7-15(8-5-11)20(17,18)13-6-9-19-12(13)10-16/h4,6,9,16H,5,7-8,10H2,1-3H3. The fourth-order valence-corrected chi connectivity index (χ4v) is 5.01. The molecular formula is C14H21NO3S2. The number of thiophene rings is 1. The topological polar surface area (TPSA) is 57.6 Å². The van der Waals surface area contributed by atoms with E-state index in [-0.39, 0.29) is 16.9 Å². The van der Waals surface area contributed by atoms with Crippen LogP contribution in [0.5, 0.6) is 0 Å². The van der Waals surface area contributed by atoms with Gasteiger partial charge in [0.1, 0.15) is 0 Å². The second-order valence-electron chi connectivity index (χ2n) is 5.96. The van der Waals surface area contributed by atoms with Gasteiger partial charge in [0.05, 0.1) is 11.5 Å². The molecule has 1 aliphatic rings. The van der Waals surface area contributed by atoms with E-state index in [1.54, 1.807) is 11.4 Å². The molecule has 0 aromatic carbocycles. The SMILES string of the molecule is CC(C)(C)C1=CCN(S(=O)(=O)c2ccsc2CO)CC1. The number of hydrogen-bond acceptors (Lipinski definition) is 4. The lowest BCUT2D eigenvalue weighted by atomic mass is 9.83. The zero-order chi connectivity index (χ0) is 15.0. The molecule has 6 heteroatoms. The Labute approximate surface area is 124 Å². The highest BCUT2D eigenvalue weighted by Gasteiger charge is 2.30. The minimum absolute atomic E-state index is 0.0918. The van der Waals surface area contributed by atoms with E-state index < -0.39 is 10.0 Å². The molecule has 0 atom stereocenters. The molecule has 2 rings (SSSR count). The summed E-state index contributed by atoms with van der Waals surface area (Å²) < 4.78 is 26.6. The maximum atomic E-state index is 12.6. The average Bonchev–Trinajstić information content (AvgIpc) is 2.87. The van der Waals surface area contributed by atoms with Crippen LogP contribution in [0.25, 0.3) is 0 Å². The van der Waals surface area contributed by atoms with Crippen LogP contribution in [0.3, 0.4) is 0 Å². The van der Waals surface area contributed by atoms with Crippen molar-refractivity contribution in [1.82, 2.24) is 4.31 Å². The van der Waals surface area contributed by atoms with Crippen molar-refractivity contribution >= 4 is 21.4 Å². The fourth-order valence-electron chi connectivity index (χ4n) is 2.36. The highest BCUT2D eigenvalue weighted by Crippen LogP contribution is 2.32. The van der Waals surface area contributed by atoms with Gasteiger partial charge in [-0.1, -0.05) is 32.4 Å². The number of aliphatic hydroxyl groups is 1. The maximum Gasteiger partial charge on any atom is 0.244 e. The van der Waals surface area contributed by atoms with Gasteiger partial charge in [-0.2, -0.15) is 4.31 Å². The molecule has 0 aliphatic carbocycles. The molecule has 0 amide bonds. The molecule has 0 fully saturated rings. The molecule has 0 radical (unpaired) electrons. The third-order valence-corrected chi connectivity index (χ3v) is 6.59. The summed E-state index contributed by atoms with van der Waals surface area (Å²) in [5.41, 5.74) is 1.39. The van der Waals surface area contributed by atoms with Gasteiger partial charge in [-0.15, -0.1) is 11.3 Å². The van der Waals surface area contributed by atoms with Crippen LogP contribution < -0.4 is 0 Å². The number of aliphatic hydroxyl groups excluding tert-OH is 1. The monoisotopic (exact) mass is 315 g/mol. The van der Waals surface area contributed by atoms with Crippen molar-refractivity contribution in [2.24, 2.45) is 5.41 Å². The van der Waals surface area contributed by atoms with E-state index in [1.807, 2.05) is 6.08 Å². The molecule has 112 valence electrons. The fraction of sp³-hybridized carbons (Fsp3) is 0.571. The van der Waals surface area contributed by atoms with E-state index >= 15 is 0 Å². The number of sulfonamides is 1. The average molecular weight is 315 g/mol. The minimum Gasteiger partial charge on any atom is -0.391 e. The molecule has 1 N–H and O–H groups in total. The Hall–Kier alpha value is -0.690. The van der Waals surface area contributed by atoms with Crippen molar-refractivity contribution in [2.45, 2.75) is 38.7 Å². The molecule has 2 heterocycles. The van der Waals surface area contributed by atoms with Gasteiger partial charge in [0.25, 0.3) is 0 Å². The van der Waals surface area contributed by atoms with Crippen molar-refractivity contribution in [2.75, 3.05) is 13.1 Å². The molecule has 20 heavy (non-hydrogen) atoms. The van der Waals surface area contributed by atoms with E-state index in [9.17, 15) is 13.5 Å². The summed E-state index contributed by atoms with van der Waals surface area (Å²) in [5.74, 6) is 0. The van der Waals surface area contributed by atoms with Crippen molar-refractivity contribution in [3.05, 3.63) is 28.0 Å². The van der Waals surface area contributed by atoms with Gasteiger partial charge in [0, 0.05) is 18.0 Å². The molecule has 0 saturated heterocycles. The molecule has 0 spiro atoms. The second-order valence-corrected chi connectivity index (χ2v) is 8.87. The van der Waals surface area contributed by atoms with Crippen LogP contribution in [-0.2, 0) is 16.6 Å². The summed E-state index contributed by atoms with van der Waals surface area (Å²) in [6.45, 7) is 7.12. The summed E-state index contributed by atoms with van der Waals surface area (Å²) >= 11 is 1.27. The Kier molecular flexibility index (Phi) is 4.39. The van der Waals surface area contributed by atoms with Crippen molar-refractivity contribution in [3.63, 3.8) is 0 Å². The zero-order valence-corrected chi connectivity index (χ0v) is 13.7. The first-order chi connectivity index (χ1) is 9.26. The van der Waals surface area contributed by atoms with Gasteiger partial charge in [-0.25, -0.2) is 8.42 Å². The smallest absolute Gasteiger partial charge is 0.244 e. The molecule has 1 aliphatic heterocycles. The Balaban J connectivity index is 2.24. The third-order valence-electron chi connectivity index (χ3n) is 3.60. The van der Waals surface area contributed by atoms with E-state index in [2.05, 4.69) is 20.8 Å². The zero-order valence-electron chi connectivity index (χ0n) is 12.1. The quantitative estimate of drug-likeness (QED) is 0.872. The van der Waals surface area contributed by atoms with Crippen LogP contribution in [-0.4, -0.2) is 30.9 Å². The predicted octanol–water partition coefficient (Wildman–Crippen LogP) is 2.61. The highest BCUT2D eigenvalue weighted by atomic mass is 32.2. The van der Waals surface area contributed by atoms with Crippen molar-refractivity contribution < 1.29 is 13.5 Å². The van der Waals surface area contributed by atoms with E-state index in [4.69, 9.17) is 0 Å². The number of hydrogen-bond donors (Lipinski definition) is 1. The first kappa shape index (κ1) is 15.7. The lowest BCUT2D eigenvalue weighted by molar-refractivity contribution is 0.282. The molecule has 0 unspecified atom stereocenters. The van der Waals surface area contributed by atoms with Crippen molar-refractivity contribution in [3.8, 4) is 0 Å². The van der Waals surface area contributed by atoms with Crippen LogP contribution in [0, 0.1) is 5.41 Å². The van der Waals surface area contributed by atoms with E-state index in [1.165, 1.54) is 21.2 Å². The van der Waals surface area contributed by atoms with Crippen LogP contribution in [0.15, 0.2) is 28.0 Å². The molecule has 4 nitrogen and oxygen atoms in total. The molecule has 0 saturated carbocycles. The van der Waals surface area contributed by atoms with Gasteiger partial charge in [-0.05, 0) is 23.3 Å². The lowest BCUT2D eigenvalue weighted by Crippen LogP contribution is -2.36. The predicted molar refractivity (Wildman–Crippen MR) is 81.2 cm³/mol. The molecular weight excluding hydrogens is 294 g/mol. The van der Waals surface area contributed by atoms with Crippen LogP contribution >= 0.6 is 11.3 Å². The van der Waals surface area contributed by atoms with Crippen molar-refractivity contribution in [1.29, 1.82) is 0 Å². The normalized spacial score (nSPS) is 18.1. The van der Waals surface area contributed by atoms with Gasteiger partial charge < -0.3 is 5.11 Å². The second kappa shape index (κ2) is 5.60. The first-order valence-corrected chi connectivity index (χ1v) is 8.95. The minimum atomic E-state index is -3.49. The van der Waals surface area contributed by atoms with Crippen LogP contribution in [0.1, 0.15) is 32.1 Å². The summed E-state index contributed by atoms with van der Waals surface area (Å²) in [4.78, 5) is 0.758.